The van der Waals surface area contributed by atoms with Gasteiger partial charge in [-0.05, 0) is 30.5 Å². The molecule has 0 radical (unpaired) electrons. The maximum Gasteiger partial charge on any atom is 0.237 e. The number of amides is 1. The zero-order valence-corrected chi connectivity index (χ0v) is 12.9. The van der Waals surface area contributed by atoms with Gasteiger partial charge in [0.2, 0.25) is 5.91 Å². The van der Waals surface area contributed by atoms with Crippen molar-refractivity contribution < 1.29 is 9.53 Å². The summed E-state index contributed by atoms with van der Waals surface area (Å²) in [7, 11) is 1.60. The molecule has 0 saturated heterocycles. The number of nitrogens with two attached hydrogens (primary N) is 1. The minimum absolute atomic E-state index is 0.00538. The van der Waals surface area contributed by atoms with Gasteiger partial charge < -0.3 is 15.8 Å². The zero-order valence-electron chi connectivity index (χ0n) is 11.4. The largest absolute Gasteiger partial charge is 0.385 e. The standard InChI is InChI=1S/C14H21BrN2O2/c1-3-13(10-4-6-11(15)7-5-10)17-14(18)12(16)8-9-19-2/h4-7,12-13H,3,8-9,16H2,1-2H3,(H,17,18). The summed E-state index contributed by atoms with van der Waals surface area (Å²) in [5.41, 5.74) is 6.89. The highest BCUT2D eigenvalue weighted by Crippen LogP contribution is 2.19. The second-order valence-electron chi connectivity index (χ2n) is 4.41. The van der Waals surface area contributed by atoms with Gasteiger partial charge in [-0.25, -0.2) is 0 Å². The Morgan fingerprint density at radius 3 is 2.58 bits per heavy atom. The molecular formula is C14H21BrN2O2. The van der Waals surface area contributed by atoms with Gasteiger partial charge in [-0.15, -0.1) is 0 Å². The molecule has 4 nitrogen and oxygen atoms in total. The van der Waals surface area contributed by atoms with Crippen LogP contribution in [0.5, 0.6) is 0 Å². The first-order valence-electron chi connectivity index (χ1n) is 6.38. The average Bonchev–Trinajstić information content (AvgIpc) is 2.42. The van der Waals surface area contributed by atoms with Crippen LogP contribution < -0.4 is 11.1 Å². The highest BCUT2D eigenvalue weighted by atomic mass is 79.9. The van der Waals surface area contributed by atoms with Crippen molar-refractivity contribution >= 4 is 21.8 Å². The van der Waals surface area contributed by atoms with Crippen molar-refractivity contribution in [2.75, 3.05) is 13.7 Å². The first-order chi connectivity index (χ1) is 9.08. The number of hydrogen-bond acceptors (Lipinski definition) is 3. The van der Waals surface area contributed by atoms with E-state index in [-0.39, 0.29) is 11.9 Å². The minimum atomic E-state index is -0.524. The predicted octanol–water partition coefficient (Wildman–Crippen LogP) is 2.38. The summed E-state index contributed by atoms with van der Waals surface area (Å²) in [4.78, 5) is 12.0. The van der Waals surface area contributed by atoms with Crippen LogP contribution in [0.1, 0.15) is 31.4 Å². The third-order valence-electron chi connectivity index (χ3n) is 2.97. The number of halogens is 1. The van der Waals surface area contributed by atoms with Crippen LogP contribution in [0.4, 0.5) is 0 Å². The van der Waals surface area contributed by atoms with Gasteiger partial charge in [0.1, 0.15) is 0 Å². The molecule has 0 spiro atoms. The SMILES string of the molecule is CCC(NC(=O)C(N)CCOC)c1ccc(Br)cc1. The Labute approximate surface area is 122 Å². The van der Waals surface area contributed by atoms with E-state index in [2.05, 4.69) is 21.2 Å². The van der Waals surface area contributed by atoms with Crippen molar-refractivity contribution in [1.82, 2.24) is 5.32 Å². The van der Waals surface area contributed by atoms with E-state index in [4.69, 9.17) is 10.5 Å². The second-order valence-corrected chi connectivity index (χ2v) is 5.32. The molecule has 1 aromatic carbocycles. The van der Waals surface area contributed by atoms with Gasteiger partial charge >= 0.3 is 0 Å². The number of hydrogen-bond donors (Lipinski definition) is 2. The summed E-state index contributed by atoms with van der Waals surface area (Å²) in [6, 6.07) is 7.40. The highest BCUT2D eigenvalue weighted by molar-refractivity contribution is 9.10. The maximum atomic E-state index is 12.0. The fourth-order valence-corrected chi connectivity index (χ4v) is 2.04. The summed E-state index contributed by atoms with van der Waals surface area (Å²) in [5, 5.41) is 2.98. The van der Waals surface area contributed by atoms with Crippen LogP contribution in [0.15, 0.2) is 28.7 Å². The average molecular weight is 329 g/mol. The molecule has 3 N–H and O–H groups in total. The van der Waals surface area contributed by atoms with Crippen molar-refractivity contribution in [3.05, 3.63) is 34.3 Å². The zero-order chi connectivity index (χ0) is 14.3. The van der Waals surface area contributed by atoms with Crippen molar-refractivity contribution in [2.24, 2.45) is 5.73 Å². The Bertz CT molecular complexity index is 395. The van der Waals surface area contributed by atoms with E-state index in [1.165, 1.54) is 0 Å². The summed E-state index contributed by atoms with van der Waals surface area (Å²) in [6.45, 7) is 2.53. The van der Waals surface area contributed by atoms with E-state index in [0.717, 1.165) is 16.5 Å². The summed E-state index contributed by atoms with van der Waals surface area (Å²) in [6.07, 6.45) is 1.35. The lowest BCUT2D eigenvalue weighted by atomic mass is 10.0. The fourth-order valence-electron chi connectivity index (χ4n) is 1.77. The maximum absolute atomic E-state index is 12.0. The number of methoxy groups -OCH3 is 1. The van der Waals surface area contributed by atoms with Crippen LogP contribution in [-0.2, 0) is 9.53 Å². The quantitative estimate of drug-likeness (QED) is 0.807. The van der Waals surface area contributed by atoms with Crippen LogP contribution in [0.25, 0.3) is 0 Å². The number of rotatable bonds is 7. The van der Waals surface area contributed by atoms with Gasteiger partial charge in [0.15, 0.2) is 0 Å². The number of carbonyl (C=O) groups is 1. The molecule has 0 heterocycles. The molecule has 0 aliphatic carbocycles. The number of benzene rings is 1. The molecule has 2 atom stereocenters. The van der Waals surface area contributed by atoms with E-state index >= 15 is 0 Å². The van der Waals surface area contributed by atoms with Gasteiger partial charge in [0.25, 0.3) is 0 Å². The molecule has 2 unspecified atom stereocenters. The molecule has 0 aromatic heterocycles. The number of nitrogens with one attached hydrogen (secondary N) is 1. The molecular weight excluding hydrogens is 308 g/mol. The van der Waals surface area contributed by atoms with Gasteiger partial charge in [-0.3, -0.25) is 4.79 Å². The number of ether oxygens (including phenoxy) is 1. The molecule has 0 saturated carbocycles. The van der Waals surface area contributed by atoms with Crippen molar-refractivity contribution in [3.63, 3.8) is 0 Å². The molecule has 5 heteroatoms. The van der Waals surface area contributed by atoms with Crippen LogP contribution >= 0.6 is 15.9 Å². The van der Waals surface area contributed by atoms with Crippen molar-refractivity contribution in [3.8, 4) is 0 Å². The van der Waals surface area contributed by atoms with Gasteiger partial charge in [0.05, 0.1) is 12.1 Å². The lowest BCUT2D eigenvalue weighted by Gasteiger charge is -2.20. The fraction of sp³-hybridized carbons (Fsp3) is 0.500. The molecule has 106 valence electrons. The third kappa shape index (κ3) is 5.30. The Kier molecular flexibility index (Phi) is 7.05. The molecule has 0 fully saturated rings. The Morgan fingerprint density at radius 1 is 1.42 bits per heavy atom. The van der Waals surface area contributed by atoms with Gasteiger partial charge in [-0.1, -0.05) is 35.0 Å². The molecule has 1 amide bonds. The molecule has 1 rings (SSSR count). The van der Waals surface area contributed by atoms with Crippen LogP contribution in [0.3, 0.4) is 0 Å². The monoisotopic (exact) mass is 328 g/mol. The Morgan fingerprint density at radius 2 is 2.05 bits per heavy atom. The van der Waals surface area contributed by atoms with Crippen LogP contribution in [0.2, 0.25) is 0 Å². The third-order valence-corrected chi connectivity index (χ3v) is 3.50. The Balaban J connectivity index is 2.61. The number of carbonyl (C=O) groups excluding carboxylic acids is 1. The summed E-state index contributed by atoms with van der Waals surface area (Å²) < 4.78 is 5.95. The molecule has 1 aromatic rings. The Hall–Kier alpha value is -0.910. The predicted molar refractivity (Wildman–Crippen MR) is 79.8 cm³/mol. The molecule has 0 bridgehead atoms. The van der Waals surface area contributed by atoms with Gasteiger partial charge in [0, 0.05) is 18.2 Å². The van der Waals surface area contributed by atoms with Crippen LogP contribution in [0, 0.1) is 0 Å². The first-order valence-corrected chi connectivity index (χ1v) is 7.18. The van der Waals surface area contributed by atoms with E-state index in [0.29, 0.717) is 13.0 Å². The molecule has 0 aliphatic heterocycles. The van der Waals surface area contributed by atoms with Crippen molar-refractivity contribution in [1.29, 1.82) is 0 Å². The van der Waals surface area contributed by atoms with Crippen LogP contribution in [-0.4, -0.2) is 25.7 Å². The van der Waals surface area contributed by atoms with E-state index in [1.54, 1.807) is 7.11 Å². The smallest absolute Gasteiger partial charge is 0.237 e. The lowest BCUT2D eigenvalue weighted by Crippen LogP contribution is -2.42. The minimum Gasteiger partial charge on any atom is -0.385 e. The van der Waals surface area contributed by atoms with Gasteiger partial charge in [-0.2, -0.15) is 0 Å². The topological polar surface area (TPSA) is 64.4 Å². The normalized spacial score (nSPS) is 13.9. The highest BCUT2D eigenvalue weighted by Gasteiger charge is 2.17. The second kappa shape index (κ2) is 8.30. The lowest BCUT2D eigenvalue weighted by molar-refractivity contribution is -0.123. The molecule has 19 heavy (non-hydrogen) atoms. The molecule has 0 aliphatic rings. The van der Waals surface area contributed by atoms with E-state index in [1.807, 2.05) is 31.2 Å². The van der Waals surface area contributed by atoms with Crippen molar-refractivity contribution in [2.45, 2.75) is 31.8 Å². The first kappa shape index (κ1) is 16.1. The van der Waals surface area contributed by atoms with E-state index < -0.39 is 6.04 Å². The summed E-state index contributed by atoms with van der Waals surface area (Å²) >= 11 is 3.40. The van der Waals surface area contributed by atoms with E-state index in [9.17, 15) is 4.79 Å². The summed E-state index contributed by atoms with van der Waals surface area (Å²) in [5.74, 6) is -0.133.